The van der Waals surface area contributed by atoms with Crippen LogP contribution in [0.1, 0.15) is 22.7 Å². The summed E-state index contributed by atoms with van der Waals surface area (Å²) in [5.74, 6) is -1.09. The number of likely N-dealkylation sites (tertiary alicyclic amines) is 1. The summed E-state index contributed by atoms with van der Waals surface area (Å²) in [5, 5.41) is 9.46. The van der Waals surface area contributed by atoms with E-state index < -0.39 is 11.4 Å². The van der Waals surface area contributed by atoms with Gasteiger partial charge in [-0.05, 0) is 25.5 Å². The Morgan fingerprint density at radius 2 is 2.26 bits per heavy atom. The van der Waals surface area contributed by atoms with E-state index in [1.807, 2.05) is 13.0 Å². The zero-order valence-corrected chi connectivity index (χ0v) is 13.0. The molecule has 0 spiro atoms. The van der Waals surface area contributed by atoms with Gasteiger partial charge in [0, 0.05) is 32.0 Å². The molecule has 7 nitrogen and oxygen atoms in total. The van der Waals surface area contributed by atoms with Crippen molar-refractivity contribution in [3.8, 4) is 0 Å². The largest absolute Gasteiger partial charge is 0.481 e. The van der Waals surface area contributed by atoms with E-state index in [-0.39, 0.29) is 24.8 Å². The Morgan fingerprint density at radius 3 is 2.96 bits per heavy atom. The molecule has 1 aliphatic heterocycles. The smallest absolute Gasteiger partial charge is 0.313 e. The van der Waals surface area contributed by atoms with Crippen molar-refractivity contribution in [3.05, 3.63) is 29.7 Å². The number of amides is 1. The number of aromatic nitrogens is 1. The van der Waals surface area contributed by atoms with Crippen molar-refractivity contribution >= 4 is 23.0 Å². The molecule has 1 N–H and O–H groups in total. The number of pyridine rings is 1. The first-order valence-electron chi connectivity index (χ1n) is 7.34. The monoisotopic (exact) mass is 318 g/mol. The second kappa shape index (κ2) is 5.66. The molecule has 3 heterocycles. The Bertz CT molecular complexity index is 769. The van der Waals surface area contributed by atoms with Gasteiger partial charge in [0.05, 0.1) is 6.61 Å². The third-order valence-electron chi connectivity index (χ3n) is 4.24. The fourth-order valence-corrected chi connectivity index (χ4v) is 2.96. The molecule has 2 aromatic heterocycles. The fraction of sp³-hybridized carbons (Fsp3) is 0.438. The molecule has 0 bridgehead atoms. The van der Waals surface area contributed by atoms with Crippen LogP contribution in [0.15, 0.2) is 22.6 Å². The van der Waals surface area contributed by atoms with Gasteiger partial charge in [-0.1, -0.05) is 0 Å². The number of carboxylic acid groups (broad SMARTS) is 1. The maximum absolute atomic E-state index is 12.6. The summed E-state index contributed by atoms with van der Waals surface area (Å²) in [6, 6.07) is 5.18. The number of fused-ring (bicyclic) bond motifs is 1. The molecule has 0 aromatic carbocycles. The summed E-state index contributed by atoms with van der Waals surface area (Å²) in [7, 11) is 1.46. The van der Waals surface area contributed by atoms with Crippen molar-refractivity contribution in [3.63, 3.8) is 0 Å². The molecule has 1 aliphatic rings. The number of hydrogen-bond acceptors (Lipinski definition) is 5. The van der Waals surface area contributed by atoms with E-state index >= 15 is 0 Å². The van der Waals surface area contributed by atoms with E-state index in [4.69, 9.17) is 9.15 Å². The van der Waals surface area contributed by atoms with Gasteiger partial charge in [-0.2, -0.15) is 0 Å². The van der Waals surface area contributed by atoms with Gasteiger partial charge in [-0.3, -0.25) is 9.59 Å². The highest BCUT2D eigenvalue weighted by atomic mass is 16.5. The first kappa shape index (κ1) is 15.5. The van der Waals surface area contributed by atoms with Crippen molar-refractivity contribution in [1.82, 2.24) is 9.88 Å². The fourth-order valence-electron chi connectivity index (χ4n) is 2.96. The van der Waals surface area contributed by atoms with E-state index in [0.29, 0.717) is 24.1 Å². The average molecular weight is 318 g/mol. The number of aliphatic carboxylic acids is 1. The van der Waals surface area contributed by atoms with Crippen LogP contribution in [0.3, 0.4) is 0 Å². The van der Waals surface area contributed by atoms with Gasteiger partial charge in [0.25, 0.3) is 5.91 Å². The molecule has 23 heavy (non-hydrogen) atoms. The van der Waals surface area contributed by atoms with Crippen molar-refractivity contribution in [2.75, 3.05) is 26.8 Å². The number of furan rings is 1. The minimum atomic E-state index is -1.05. The minimum absolute atomic E-state index is 0.0764. The maximum atomic E-state index is 12.6. The number of carbonyl (C=O) groups excluding carboxylic acids is 1. The Labute approximate surface area is 132 Å². The molecule has 0 radical (unpaired) electrons. The molecule has 7 heteroatoms. The third kappa shape index (κ3) is 2.68. The lowest BCUT2D eigenvalue weighted by Crippen LogP contribution is -2.40. The SMILES string of the molecule is COCC1(C(=O)O)CCN(C(=O)c2cc3nc(C)ccc3o2)C1. The highest BCUT2D eigenvalue weighted by Crippen LogP contribution is 2.32. The summed E-state index contributed by atoms with van der Waals surface area (Å²) in [6.07, 6.45) is 0.361. The quantitative estimate of drug-likeness (QED) is 0.922. The van der Waals surface area contributed by atoms with Crippen LogP contribution in [-0.2, 0) is 9.53 Å². The number of aryl methyl sites for hydroxylation is 1. The molecule has 1 fully saturated rings. The Hall–Kier alpha value is -2.41. The normalized spacial score (nSPS) is 21.0. The van der Waals surface area contributed by atoms with E-state index in [1.165, 1.54) is 12.0 Å². The number of methoxy groups -OCH3 is 1. The van der Waals surface area contributed by atoms with E-state index in [1.54, 1.807) is 12.1 Å². The van der Waals surface area contributed by atoms with Gasteiger partial charge in [-0.25, -0.2) is 4.98 Å². The van der Waals surface area contributed by atoms with Crippen LogP contribution in [0.4, 0.5) is 0 Å². The van der Waals surface area contributed by atoms with E-state index in [0.717, 1.165) is 5.69 Å². The lowest BCUT2D eigenvalue weighted by molar-refractivity contribution is -0.151. The van der Waals surface area contributed by atoms with Crippen LogP contribution in [-0.4, -0.2) is 53.7 Å². The van der Waals surface area contributed by atoms with E-state index in [9.17, 15) is 14.7 Å². The van der Waals surface area contributed by atoms with Crippen LogP contribution in [0.25, 0.3) is 11.1 Å². The van der Waals surface area contributed by atoms with Crippen LogP contribution in [0.5, 0.6) is 0 Å². The first-order chi connectivity index (χ1) is 10.9. The molecule has 122 valence electrons. The molecular weight excluding hydrogens is 300 g/mol. The van der Waals surface area contributed by atoms with Gasteiger partial charge in [0.1, 0.15) is 10.9 Å². The molecule has 1 saturated heterocycles. The van der Waals surface area contributed by atoms with Crippen molar-refractivity contribution in [1.29, 1.82) is 0 Å². The Kier molecular flexibility index (Phi) is 3.81. The number of nitrogens with zero attached hydrogens (tertiary/aromatic N) is 2. The van der Waals surface area contributed by atoms with Crippen LogP contribution >= 0.6 is 0 Å². The number of carbonyl (C=O) groups is 2. The third-order valence-corrected chi connectivity index (χ3v) is 4.24. The Balaban J connectivity index is 1.84. The zero-order valence-electron chi connectivity index (χ0n) is 13.0. The first-order valence-corrected chi connectivity index (χ1v) is 7.34. The standard InChI is InChI=1S/C16H18N2O5/c1-10-3-4-12-11(17-10)7-13(23-12)14(19)18-6-5-16(8-18,9-22-2)15(20)21/h3-4,7H,5-6,8-9H2,1-2H3,(H,20,21). The van der Waals surface area contributed by atoms with Gasteiger partial charge >= 0.3 is 5.97 Å². The minimum Gasteiger partial charge on any atom is -0.481 e. The lowest BCUT2D eigenvalue weighted by atomic mass is 9.88. The molecule has 1 unspecified atom stereocenters. The predicted molar refractivity (Wildman–Crippen MR) is 81.2 cm³/mol. The van der Waals surface area contributed by atoms with Crippen molar-refractivity contribution in [2.24, 2.45) is 5.41 Å². The van der Waals surface area contributed by atoms with E-state index in [2.05, 4.69) is 4.98 Å². The maximum Gasteiger partial charge on any atom is 0.313 e. The molecule has 1 amide bonds. The number of hydrogen-bond donors (Lipinski definition) is 1. The Morgan fingerprint density at radius 1 is 1.48 bits per heavy atom. The number of carboxylic acids is 1. The molecule has 0 saturated carbocycles. The molecule has 1 atom stereocenters. The summed E-state index contributed by atoms with van der Waals surface area (Å²) in [4.78, 5) is 29.9. The number of ether oxygens (including phenoxy) is 1. The van der Waals surface area contributed by atoms with Crippen molar-refractivity contribution < 1.29 is 23.8 Å². The van der Waals surface area contributed by atoms with Gasteiger partial charge in [0.2, 0.25) is 0 Å². The summed E-state index contributed by atoms with van der Waals surface area (Å²) in [5.41, 5.74) is 0.947. The molecule has 3 rings (SSSR count). The van der Waals surface area contributed by atoms with Gasteiger partial charge in [-0.15, -0.1) is 0 Å². The summed E-state index contributed by atoms with van der Waals surface area (Å²) >= 11 is 0. The zero-order chi connectivity index (χ0) is 16.6. The van der Waals surface area contributed by atoms with Gasteiger partial charge in [0.15, 0.2) is 11.3 Å². The van der Waals surface area contributed by atoms with Crippen LogP contribution in [0, 0.1) is 12.3 Å². The second-order valence-corrected chi connectivity index (χ2v) is 5.94. The topological polar surface area (TPSA) is 92.9 Å². The van der Waals surface area contributed by atoms with Crippen LogP contribution in [0.2, 0.25) is 0 Å². The molecule has 2 aromatic rings. The summed E-state index contributed by atoms with van der Waals surface area (Å²) < 4.78 is 10.6. The highest BCUT2D eigenvalue weighted by molar-refractivity contribution is 5.96. The summed E-state index contributed by atoms with van der Waals surface area (Å²) in [6.45, 7) is 2.41. The second-order valence-electron chi connectivity index (χ2n) is 5.94. The van der Waals surface area contributed by atoms with Crippen LogP contribution < -0.4 is 0 Å². The number of rotatable bonds is 4. The van der Waals surface area contributed by atoms with Crippen molar-refractivity contribution in [2.45, 2.75) is 13.3 Å². The molecular formula is C16H18N2O5. The molecule has 0 aliphatic carbocycles. The predicted octanol–water partition coefficient (Wildman–Crippen LogP) is 1.70. The van der Waals surface area contributed by atoms with Gasteiger partial charge < -0.3 is 19.2 Å². The average Bonchev–Trinajstić information content (AvgIpc) is 3.11. The lowest BCUT2D eigenvalue weighted by Gasteiger charge is -2.23. The highest BCUT2D eigenvalue weighted by Gasteiger charge is 2.47.